The summed E-state index contributed by atoms with van der Waals surface area (Å²) < 4.78 is 0. The minimum Gasteiger partial charge on any atom is -0.289 e. The first kappa shape index (κ1) is 12.0. The number of halogens is 1. The van der Waals surface area contributed by atoms with E-state index in [0.717, 1.165) is 18.4 Å². The molecule has 3 nitrogen and oxygen atoms in total. The van der Waals surface area contributed by atoms with E-state index in [4.69, 9.17) is 11.6 Å². The molecule has 2 atom stereocenters. The molecule has 0 aliphatic heterocycles. The summed E-state index contributed by atoms with van der Waals surface area (Å²) in [6, 6.07) is 1.65. The zero-order valence-electron chi connectivity index (χ0n) is 10.9. The molecule has 2 bridgehead atoms. The third kappa shape index (κ3) is 1.39. The molecule has 100 valence electrons. The van der Waals surface area contributed by atoms with Gasteiger partial charge < -0.3 is 0 Å². The number of aryl methyl sites for hydroxylation is 1. The molecule has 0 N–H and O–H groups in total. The van der Waals surface area contributed by atoms with E-state index < -0.39 is 0 Å². The first-order valence-electron chi connectivity index (χ1n) is 6.77. The smallest absolute Gasteiger partial charge is 0.209 e. The molecule has 0 saturated carbocycles. The molecule has 0 aromatic carbocycles. The predicted octanol–water partition coefficient (Wildman–Crippen LogP) is 3.32. The molecule has 0 spiro atoms. The van der Waals surface area contributed by atoms with Crippen molar-refractivity contribution in [3.8, 4) is 0 Å². The van der Waals surface area contributed by atoms with Crippen molar-refractivity contribution in [1.29, 1.82) is 0 Å². The van der Waals surface area contributed by atoms with Crippen LogP contribution in [-0.2, 0) is 0 Å². The van der Waals surface area contributed by atoms with Crippen molar-refractivity contribution in [1.82, 2.24) is 4.98 Å². The van der Waals surface area contributed by atoms with Gasteiger partial charge in [0.25, 0.3) is 0 Å². The number of hydrogen-bond donors (Lipinski definition) is 0. The summed E-state index contributed by atoms with van der Waals surface area (Å²) in [6.07, 6.45) is 6.02. The highest BCUT2D eigenvalue weighted by atomic mass is 35.5. The van der Waals surface area contributed by atoms with Crippen LogP contribution in [0.2, 0.25) is 5.15 Å². The number of ketones is 2. The normalized spacial score (nSPS) is 26.9. The molecular formula is C16H12ClNO2. The van der Waals surface area contributed by atoms with Gasteiger partial charge in [0.05, 0.1) is 5.56 Å². The second-order valence-corrected chi connectivity index (χ2v) is 6.03. The molecule has 0 radical (unpaired) electrons. The van der Waals surface area contributed by atoms with Gasteiger partial charge in [0, 0.05) is 23.0 Å². The Morgan fingerprint density at radius 1 is 1.10 bits per heavy atom. The number of allylic oxidation sites excluding steroid dienone is 4. The van der Waals surface area contributed by atoms with Crippen molar-refractivity contribution < 1.29 is 9.59 Å². The number of carbonyl (C=O) groups is 2. The van der Waals surface area contributed by atoms with Crippen LogP contribution in [0.25, 0.3) is 0 Å². The van der Waals surface area contributed by atoms with Gasteiger partial charge in [-0.2, -0.15) is 0 Å². The van der Waals surface area contributed by atoms with Crippen LogP contribution in [-0.4, -0.2) is 16.6 Å². The topological polar surface area (TPSA) is 47.0 Å². The summed E-state index contributed by atoms with van der Waals surface area (Å²) in [7, 11) is 0. The van der Waals surface area contributed by atoms with Crippen LogP contribution in [0.1, 0.15) is 39.3 Å². The van der Waals surface area contributed by atoms with E-state index in [-0.39, 0.29) is 34.2 Å². The summed E-state index contributed by atoms with van der Waals surface area (Å²) in [5.41, 5.74) is 2.78. The minimum atomic E-state index is -0.112. The van der Waals surface area contributed by atoms with Gasteiger partial charge in [-0.15, -0.1) is 0 Å². The number of carbonyl (C=O) groups excluding carboxylic acids is 2. The number of fused-ring (bicyclic) bond motifs is 2. The van der Waals surface area contributed by atoms with Crippen molar-refractivity contribution in [2.45, 2.75) is 19.8 Å². The number of rotatable bonds is 0. The number of Topliss-reactive ketones (excluding diaryl/α,β-unsaturated/α-hetero) is 2. The summed E-state index contributed by atoms with van der Waals surface area (Å²) in [5.74, 6) is 0.0185. The van der Waals surface area contributed by atoms with Crippen molar-refractivity contribution >= 4 is 23.2 Å². The quantitative estimate of drug-likeness (QED) is 0.543. The summed E-state index contributed by atoms with van der Waals surface area (Å²) in [6.45, 7) is 1.81. The molecule has 2 unspecified atom stereocenters. The highest BCUT2D eigenvalue weighted by Gasteiger charge is 2.44. The van der Waals surface area contributed by atoms with Crippen molar-refractivity contribution in [2.24, 2.45) is 11.8 Å². The van der Waals surface area contributed by atoms with Gasteiger partial charge in [-0.25, -0.2) is 4.98 Å². The van der Waals surface area contributed by atoms with E-state index in [0.29, 0.717) is 16.7 Å². The Bertz CT molecular complexity index is 745. The lowest BCUT2D eigenvalue weighted by Crippen LogP contribution is -2.35. The Morgan fingerprint density at radius 2 is 1.70 bits per heavy atom. The summed E-state index contributed by atoms with van der Waals surface area (Å²) in [4.78, 5) is 29.6. The second kappa shape index (κ2) is 3.89. The van der Waals surface area contributed by atoms with Crippen LogP contribution in [0.5, 0.6) is 0 Å². The first-order chi connectivity index (χ1) is 9.58. The predicted molar refractivity (Wildman–Crippen MR) is 75.0 cm³/mol. The van der Waals surface area contributed by atoms with Gasteiger partial charge >= 0.3 is 0 Å². The molecule has 4 aliphatic carbocycles. The fourth-order valence-corrected chi connectivity index (χ4v) is 3.88. The number of nitrogens with zero attached hydrogens (tertiary/aromatic N) is 1. The standard InChI is InChI=1S/C16H12ClNO2/c1-7-6-10(17)18-14-11(7)15(19)12-8-2-4-9(5-3-8)13(12)16(14)20/h2,4,6,8-9H,3,5H2,1H3. The monoisotopic (exact) mass is 285 g/mol. The van der Waals surface area contributed by atoms with Crippen molar-refractivity contribution in [3.05, 3.63) is 51.3 Å². The number of pyridine rings is 1. The molecule has 1 aromatic rings. The maximum atomic E-state index is 12.8. The van der Waals surface area contributed by atoms with Crippen LogP contribution in [0.15, 0.2) is 29.4 Å². The number of aromatic nitrogens is 1. The van der Waals surface area contributed by atoms with Crippen LogP contribution < -0.4 is 0 Å². The maximum absolute atomic E-state index is 12.8. The van der Waals surface area contributed by atoms with Gasteiger partial charge in [-0.1, -0.05) is 23.8 Å². The largest absolute Gasteiger partial charge is 0.289 e. The lowest BCUT2D eigenvalue weighted by atomic mass is 9.65. The van der Waals surface area contributed by atoms with E-state index >= 15 is 0 Å². The Labute approximate surface area is 121 Å². The molecule has 1 heterocycles. The zero-order valence-corrected chi connectivity index (χ0v) is 11.7. The fourth-order valence-electron chi connectivity index (χ4n) is 3.63. The Balaban J connectivity index is 2.01. The zero-order chi connectivity index (χ0) is 14.0. The van der Waals surface area contributed by atoms with E-state index in [2.05, 4.69) is 17.1 Å². The number of hydrogen-bond acceptors (Lipinski definition) is 3. The maximum Gasteiger partial charge on any atom is 0.209 e. The molecule has 1 aromatic heterocycles. The van der Waals surface area contributed by atoms with E-state index in [9.17, 15) is 9.59 Å². The molecule has 4 heteroatoms. The van der Waals surface area contributed by atoms with Gasteiger partial charge in [-0.05, 0) is 31.4 Å². The van der Waals surface area contributed by atoms with Crippen LogP contribution in [0.3, 0.4) is 0 Å². The molecule has 5 rings (SSSR count). The molecule has 0 saturated heterocycles. The van der Waals surface area contributed by atoms with E-state index in [1.165, 1.54) is 0 Å². The van der Waals surface area contributed by atoms with Crippen molar-refractivity contribution in [2.75, 3.05) is 0 Å². The van der Waals surface area contributed by atoms with Crippen LogP contribution in [0, 0.1) is 18.8 Å². The average Bonchev–Trinajstić information content (AvgIpc) is 2.44. The molecule has 20 heavy (non-hydrogen) atoms. The highest BCUT2D eigenvalue weighted by Crippen LogP contribution is 2.46. The Morgan fingerprint density at radius 3 is 2.30 bits per heavy atom. The van der Waals surface area contributed by atoms with Gasteiger partial charge in [-0.3, -0.25) is 9.59 Å². The van der Waals surface area contributed by atoms with Crippen LogP contribution in [0.4, 0.5) is 0 Å². The Hall–Kier alpha value is -1.74. The molecule has 4 aliphatic rings. The Kier molecular flexibility index (Phi) is 2.34. The van der Waals surface area contributed by atoms with E-state index in [1.807, 2.05) is 0 Å². The molecule has 0 amide bonds. The summed E-state index contributed by atoms with van der Waals surface area (Å²) in [5, 5.41) is 0.267. The van der Waals surface area contributed by atoms with Crippen LogP contribution >= 0.6 is 11.6 Å². The SMILES string of the molecule is Cc1cc(Cl)nc2c1C(=O)C1=C(C2=O)C2C=CC1CC2. The summed E-state index contributed by atoms with van der Waals surface area (Å²) >= 11 is 5.94. The van der Waals surface area contributed by atoms with Gasteiger partial charge in [0.15, 0.2) is 5.78 Å². The lowest BCUT2D eigenvalue weighted by Gasteiger charge is -2.37. The van der Waals surface area contributed by atoms with Crippen molar-refractivity contribution in [3.63, 3.8) is 0 Å². The van der Waals surface area contributed by atoms with Gasteiger partial charge in [0.2, 0.25) is 5.78 Å². The lowest BCUT2D eigenvalue weighted by molar-refractivity contribution is 0.0945. The third-order valence-corrected chi connectivity index (χ3v) is 4.71. The third-order valence-electron chi connectivity index (χ3n) is 4.51. The highest BCUT2D eigenvalue weighted by molar-refractivity contribution is 6.31. The first-order valence-corrected chi connectivity index (χ1v) is 7.14. The average molecular weight is 286 g/mol. The van der Waals surface area contributed by atoms with E-state index in [1.54, 1.807) is 13.0 Å². The minimum absolute atomic E-state index is 0.0321. The molecule has 0 fully saturated rings. The fraction of sp³-hybridized carbons (Fsp3) is 0.312. The second-order valence-electron chi connectivity index (χ2n) is 5.65. The molecular weight excluding hydrogens is 274 g/mol. The van der Waals surface area contributed by atoms with Gasteiger partial charge in [0.1, 0.15) is 10.8 Å².